The van der Waals surface area contributed by atoms with Crippen molar-refractivity contribution in [1.29, 1.82) is 0 Å². The molecule has 0 unspecified atom stereocenters. The second-order valence-corrected chi connectivity index (χ2v) is 8.62. The Hall–Kier alpha value is -3.95. The zero-order valence-corrected chi connectivity index (χ0v) is 17.2. The fraction of sp³-hybridized carbons (Fsp3) is 0.318. The molecule has 3 heterocycles. The second-order valence-electron chi connectivity index (χ2n) is 8.62. The standard InChI is InChI=1S/C22H22N6O4/c23-18(29)12-3-4-17-27-16(11-28(17)10-12)20(31)26-13-6-22(7-13)8-14(9-22)32-21-15(19(24)30)2-1-5-25-21/h1-5,10-11,13-14H,6-9H2,(H2,23,29)(H2,24,30)(H,26,31)/t13-,14-,22?. The molecule has 5 rings (SSSR count). The van der Waals surface area contributed by atoms with Crippen LogP contribution in [0, 0.1) is 5.41 Å². The Balaban J connectivity index is 1.14. The average molecular weight is 434 g/mol. The first-order valence-corrected chi connectivity index (χ1v) is 10.3. The highest BCUT2D eigenvalue weighted by Crippen LogP contribution is 2.56. The van der Waals surface area contributed by atoms with Gasteiger partial charge in [-0.05, 0) is 55.4 Å². The predicted octanol–water partition coefficient (Wildman–Crippen LogP) is 1.05. The number of hydrogen-bond acceptors (Lipinski definition) is 6. The molecule has 2 aliphatic rings. The molecular formula is C22H22N6O4. The first kappa shape index (κ1) is 20.0. The van der Waals surface area contributed by atoms with Crippen LogP contribution in [0.2, 0.25) is 0 Å². The number of nitrogens with one attached hydrogen (secondary N) is 1. The van der Waals surface area contributed by atoms with Crippen LogP contribution in [0.15, 0.2) is 42.9 Å². The summed E-state index contributed by atoms with van der Waals surface area (Å²) in [7, 11) is 0. The number of imidazole rings is 1. The van der Waals surface area contributed by atoms with Crippen LogP contribution in [0.1, 0.15) is 56.9 Å². The van der Waals surface area contributed by atoms with E-state index in [0.717, 1.165) is 25.7 Å². The summed E-state index contributed by atoms with van der Waals surface area (Å²) in [4.78, 5) is 43.9. The molecule has 5 N–H and O–H groups in total. The van der Waals surface area contributed by atoms with E-state index in [4.69, 9.17) is 16.2 Å². The van der Waals surface area contributed by atoms with Crippen LogP contribution in [0.4, 0.5) is 0 Å². The molecule has 3 aromatic heterocycles. The summed E-state index contributed by atoms with van der Waals surface area (Å²) >= 11 is 0. The molecule has 0 radical (unpaired) electrons. The highest BCUT2D eigenvalue weighted by atomic mass is 16.5. The Labute approximate surface area is 183 Å². The number of amides is 3. The second kappa shape index (κ2) is 7.33. The highest BCUT2D eigenvalue weighted by molar-refractivity contribution is 5.95. The van der Waals surface area contributed by atoms with Crippen LogP contribution in [-0.2, 0) is 0 Å². The number of ether oxygens (including phenoxy) is 1. The van der Waals surface area contributed by atoms with E-state index in [1.165, 1.54) is 0 Å². The minimum Gasteiger partial charge on any atom is -0.474 e. The third kappa shape index (κ3) is 3.53. The van der Waals surface area contributed by atoms with Crippen molar-refractivity contribution in [2.75, 3.05) is 0 Å². The zero-order valence-electron chi connectivity index (χ0n) is 17.2. The third-order valence-electron chi connectivity index (χ3n) is 6.30. The summed E-state index contributed by atoms with van der Waals surface area (Å²) in [6.45, 7) is 0. The van der Waals surface area contributed by atoms with E-state index in [0.29, 0.717) is 11.2 Å². The summed E-state index contributed by atoms with van der Waals surface area (Å²) in [6, 6.07) is 6.55. The number of aromatic nitrogens is 3. The number of hydrogen-bond donors (Lipinski definition) is 3. The van der Waals surface area contributed by atoms with Gasteiger partial charge in [-0.15, -0.1) is 0 Å². The Kier molecular flexibility index (Phi) is 4.58. The molecule has 0 atom stereocenters. The molecule has 32 heavy (non-hydrogen) atoms. The van der Waals surface area contributed by atoms with Crippen molar-refractivity contribution >= 4 is 23.4 Å². The lowest BCUT2D eigenvalue weighted by atomic mass is 9.53. The zero-order chi connectivity index (χ0) is 22.5. The predicted molar refractivity (Wildman–Crippen MR) is 113 cm³/mol. The Morgan fingerprint density at radius 1 is 1.06 bits per heavy atom. The number of nitrogens with zero attached hydrogens (tertiary/aromatic N) is 3. The average Bonchev–Trinajstić information content (AvgIpc) is 3.14. The molecule has 0 aliphatic heterocycles. The van der Waals surface area contributed by atoms with E-state index in [1.807, 2.05) is 0 Å². The van der Waals surface area contributed by atoms with Gasteiger partial charge in [-0.25, -0.2) is 9.97 Å². The van der Waals surface area contributed by atoms with Gasteiger partial charge in [0.2, 0.25) is 11.8 Å². The molecule has 10 heteroatoms. The largest absolute Gasteiger partial charge is 0.474 e. The van der Waals surface area contributed by atoms with Crippen molar-refractivity contribution in [3.8, 4) is 5.88 Å². The number of carbonyl (C=O) groups is 3. The Morgan fingerprint density at radius 3 is 2.56 bits per heavy atom. The first-order chi connectivity index (χ1) is 15.3. The van der Waals surface area contributed by atoms with E-state index in [1.54, 1.807) is 47.3 Å². The molecule has 164 valence electrons. The Bertz CT molecular complexity index is 1240. The minimum atomic E-state index is -0.564. The van der Waals surface area contributed by atoms with E-state index < -0.39 is 11.8 Å². The SMILES string of the molecule is NC(=O)c1ccc2nc(C(=O)N[C@H]3CC4(C3)C[C@H](Oc3ncccc3C(N)=O)C4)cn2c1. The van der Waals surface area contributed by atoms with Crippen LogP contribution in [0.5, 0.6) is 5.88 Å². The van der Waals surface area contributed by atoms with Gasteiger partial charge in [-0.2, -0.15) is 0 Å². The minimum absolute atomic E-state index is 0.0162. The fourth-order valence-electron chi connectivity index (χ4n) is 4.75. The van der Waals surface area contributed by atoms with Gasteiger partial charge in [0.25, 0.3) is 11.8 Å². The van der Waals surface area contributed by atoms with Crippen molar-refractivity contribution in [3.63, 3.8) is 0 Å². The van der Waals surface area contributed by atoms with Gasteiger partial charge in [0.15, 0.2) is 0 Å². The van der Waals surface area contributed by atoms with Crippen LogP contribution in [0.3, 0.4) is 0 Å². The summed E-state index contributed by atoms with van der Waals surface area (Å²) in [6.07, 6.45) is 8.11. The number of carbonyl (C=O) groups excluding carboxylic acids is 3. The molecule has 2 saturated carbocycles. The monoisotopic (exact) mass is 434 g/mol. The molecule has 3 amide bonds. The molecule has 2 fully saturated rings. The maximum Gasteiger partial charge on any atom is 0.271 e. The molecule has 0 bridgehead atoms. The van der Waals surface area contributed by atoms with Crippen molar-refractivity contribution in [2.45, 2.75) is 37.8 Å². The lowest BCUT2D eigenvalue weighted by molar-refractivity contribution is -0.0848. The number of fused-ring (bicyclic) bond motifs is 1. The maximum atomic E-state index is 12.6. The lowest BCUT2D eigenvalue weighted by Gasteiger charge is -2.57. The number of rotatable bonds is 6. The van der Waals surface area contributed by atoms with Crippen molar-refractivity contribution in [2.24, 2.45) is 16.9 Å². The van der Waals surface area contributed by atoms with E-state index in [2.05, 4.69) is 15.3 Å². The number of primary amides is 2. The van der Waals surface area contributed by atoms with Crippen molar-refractivity contribution < 1.29 is 19.1 Å². The van der Waals surface area contributed by atoms with E-state index in [9.17, 15) is 14.4 Å². The fourth-order valence-corrected chi connectivity index (χ4v) is 4.75. The molecule has 0 saturated heterocycles. The topological polar surface area (TPSA) is 155 Å². The van der Waals surface area contributed by atoms with Gasteiger partial charge in [0, 0.05) is 24.6 Å². The molecule has 2 aliphatic carbocycles. The first-order valence-electron chi connectivity index (χ1n) is 10.3. The number of nitrogens with two attached hydrogens (primary N) is 2. The van der Waals surface area contributed by atoms with Gasteiger partial charge in [0.1, 0.15) is 23.0 Å². The van der Waals surface area contributed by atoms with E-state index in [-0.39, 0.29) is 40.6 Å². The van der Waals surface area contributed by atoms with Gasteiger partial charge in [0.05, 0.1) is 5.56 Å². The van der Waals surface area contributed by atoms with Crippen LogP contribution in [0.25, 0.3) is 5.65 Å². The van der Waals surface area contributed by atoms with Crippen molar-refractivity contribution in [3.05, 3.63) is 59.7 Å². The van der Waals surface area contributed by atoms with Gasteiger partial charge in [-0.1, -0.05) is 0 Å². The number of pyridine rings is 2. The summed E-state index contributed by atoms with van der Waals surface area (Å²) in [5.41, 5.74) is 12.3. The van der Waals surface area contributed by atoms with Crippen LogP contribution < -0.4 is 21.5 Å². The quantitative estimate of drug-likeness (QED) is 0.527. The molecule has 10 nitrogen and oxygen atoms in total. The normalized spacial score (nSPS) is 23.9. The van der Waals surface area contributed by atoms with E-state index >= 15 is 0 Å². The van der Waals surface area contributed by atoms with Crippen molar-refractivity contribution in [1.82, 2.24) is 19.7 Å². The lowest BCUT2D eigenvalue weighted by Crippen LogP contribution is -2.58. The maximum absolute atomic E-state index is 12.6. The van der Waals surface area contributed by atoms with Crippen LogP contribution >= 0.6 is 0 Å². The Morgan fingerprint density at radius 2 is 1.84 bits per heavy atom. The van der Waals surface area contributed by atoms with Gasteiger partial charge < -0.3 is 25.9 Å². The molecular weight excluding hydrogens is 412 g/mol. The molecule has 3 aromatic rings. The summed E-state index contributed by atoms with van der Waals surface area (Å²) in [5, 5.41) is 3.02. The van der Waals surface area contributed by atoms with Gasteiger partial charge in [-0.3, -0.25) is 14.4 Å². The molecule has 1 spiro atoms. The highest BCUT2D eigenvalue weighted by Gasteiger charge is 2.54. The third-order valence-corrected chi connectivity index (χ3v) is 6.30. The smallest absolute Gasteiger partial charge is 0.271 e. The van der Waals surface area contributed by atoms with Gasteiger partial charge >= 0.3 is 0 Å². The van der Waals surface area contributed by atoms with Crippen LogP contribution in [-0.4, -0.2) is 44.2 Å². The molecule has 0 aromatic carbocycles. The summed E-state index contributed by atoms with van der Waals surface area (Å²) in [5.74, 6) is -1.08. The summed E-state index contributed by atoms with van der Waals surface area (Å²) < 4.78 is 7.49.